The van der Waals surface area contributed by atoms with Gasteiger partial charge < -0.3 is 15.8 Å². The highest BCUT2D eigenvalue weighted by Crippen LogP contribution is 2.53. The van der Waals surface area contributed by atoms with Crippen LogP contribution in [0.25, 0.3) is 0 Å². The Morgan fingerprint density at radius 2 is 1.97 bits per heavy atom. The van der Waals surface area contributed by atoms with Crippen molar-refractivity contribution in [2.24, 2.45) is 10.7 Å². The third-order valence-electron chi connectivity index (χ3n) is 5.64. The predicted molar refractivity (Wildman–Crippen MR) is 103 cm³/mol. The molecule has 3 atom stereocenters. The number of hydrogen-bond donors (Lipinski definition) is 2. The molecule has 12 heteroatoms. The van der Waals surface area contributed by atoms with Gasteiger partial charge in [-0.3, -0.25) is 14.8 Å². The molecule has 0 bridgehead atoms. The number of nitrogens with one attached hydrogen (secondary N) is 1. The Hall–Kier alpha value is -3.15. The number of aromatic nitrogens is 2. The molecule has 0 unspecified atom stereocenters. The van der Waals surface area contributed by atoms with Crippen LogP contribution >= 0.6 is 0 Å². The second-order valence-electron chi connectivity index (χ2n) is 7.97. The van der Waals surface area contributed by atoms with Crippen molar-refractivity contribution in [3.05, 3.63) is 53.4 Å². The first kappa shape index (κ1) is 22.1. The molecule has 1 amide bonds. The minimum atomic E-state index is -2.84. The molecule has 2 aliphatic rings. The summed E-state index contributed by atoms with van der Waals surface area (Å²) in [5, 5.41) is 2.42. The van der Waals surface area contributed by atoms with E-state index in [9.17, 15) is 22.4 Å². The first-order valence-electron chi connectivity index (χ1n) is 9.50. The van der Waals surface area contributed by atoms with E-state index in [1.165, 1.54) is 6.07 Å². The number of ether oxygens (including phenoxy) is 1. The number of aliphatic imine (C=N–C) groups is 1. The van der Waals surface area contributed by atoms with Crippen molar-refractivity contribution in [1.29, 1.82) is 0 Å². The Kier molecular flexibility index (Phi) is 5.15. The highest BCUT2D eigenvalue weighted by atomic mass is 19.3. The third-order valence-corrected chi connectivity index (χ3v) is 5.64. The van der Waals surface area contributed by atoms with Crippen LogP contribution in [0, 0.1) is 5.82 Å². The number of halogens is 5. The Morgan fingerprint density at radius 3 is 2.62 bits per heavy atom. The van der Waals surface area contributed by atoms with Crippen molar-refractivity contribution < 1.29 is 31.5 Å². The van der Waals surface area contributed by atoms with Crippen LogP contribution < -0.4 is 11.1 Å². The molecule has 0 aliphatic carbocycles. The average molecular weight is 455 g/mol. The van der Waals surface area contributed by atoms with Crippen LogP contribution in [0.1, 0.15) is 41.5 Å². The number of benzene rings is 1. The molecule has 1 aromatic heterocycles. The van der Waals surface area contributed by atoms with Crippen LogP contribution in [0.3, 0.4) is 0 Å². The van der Waals surface area contributed by atoms with Crippen molar-refractivity contribution in [2.75, 3.05) is 18.5 Å². The van der Waals surface area contributed by atoms with Crippen LogP contribution in [0.2, 0.25) is 0 Å². The van der Waals surface area contributed by atoms with Crippen molar-refractivity contribution in [3.63, 3.8) is 0 Å². The van der Waals surface area contributed by atoms with E-state index in [0.717, 1.165) is 31.5 Å². The summed E-state index contributed by atoms with van der Waals surface area (Å²) in [7, 11) is 0. The van der Waals surface area contributed by atoms with E-state index in [4.69, 9.17) is 10.5 Å². The van der Waals surface area contributed by atoms with Gasteiger partial charge in [0.1, 0.15) is 23.0 Å². The third kappa shape index (κ3) is 3.48. The van der Waals surface area contributed by atoms with Crippen LogP contribution in [-0.4, -0.2) is 46.3 Å². The lowest BCUT2D eigenvalue weighted by Gasteiger charge is -2.43. The maximum atomic E-state index is 15.8. The number of amidine groups is 1. The van der Waals surface area contributed by atoms with E-state index in [1.807, 2.05) is 0 Å². The first-order chi connectivity index (χ1) is 15.0. The van der Waals surface area contributed by atoms with Crippen LogP contribution in [0.4, 0.5) is 27.6 Å². The summed E-state index contributed by atoms with van der Waals surface area (Å²) < 4.78 is 75.8. The van der Waals surface area contributed by atoms with Crippen molar-refractivity contribution in [3.8, 4) is 0 Å². The lowest BCUT2D eigenvalue weighted by molar-refractivity contribution is 0.0234. The molecule has 32 heavy (non-hydrogen) atoms. The van der Waals surface area contributed by atoms with Gasteiger partial charge in [0.05, 0.1) is 25.6 Å². The minimum Gasteiger partial charge on any atom is -0.385 e. The normalized spacial score (nSPS) is 29.5. The topological polar surface area (TPSA) is 102 Å². The second-order valence-corrected chi connectivity index (χ2v) is 7.97. The zero-order chi connectivity index (χ0) is 23.3. The van der Waals surface area contributed by atoms with Crippen LogP contribution in [-0.2, 0) is 10.3 Å². The van der Waals surface area contributed by atoms with Gasteiger partial charge >= 0.3 is 0 Å². The summed E-state index contributed by atoms with van der Waals surface area (Å²) in [4.78, 5) is 23.5. The highest BCUT2D eigenvalue weighted by Gasteiger charge is 2.65. The van der Waals surface area contributed by atoms with Gasteiger partial charge in [-0.05, 0) is 25.1 Å². The van der Waals surface area contributed by atoms with Gasteiger partial charge in [0, 0.05) is 17.7 Å². The molecule has 170 valence electrons. The van der Waals surface area contributed by atoms with Gasteiger partial charge in [-0.25, -0.2) is 26.9 Å². The number of carbonyl (C=O) groups excluding carboxylic acids is 1. The van der Waals surface area contributed by atoms with Gasteiger partial charge in [0.2, 0.25) is 0 Å². The minimum absolute atomic E-state index is 0.0390. The maximum absolute atomic E-state index is 15.8. The molecular formula is C20H18F5N5O2. The number of anilines is 1. The maximum Gasteiger partial charge on any atom is 0.281 e. The van der Waals surface area contributed by atoms with E-state index in [0.29, 0.717) is 0 Å². The fourth-order valence-corrected chi connectivity index (χ4v) is 3.94. The fourth-order valence-electron chi connectivity index (χ4n) is 3.94. The zero-order valence-electron chi connectivity index (χ0n) is 16.7. The molecule has 1 aromatic carbocycles. The largest absolute Gasteiger partial charge is 0.385 e. The molecule has 1 saturated heterocycles. The number of nitrogens with zero attached hydrogens (tertiary/aromatic N) is 3. The second kappa shape index (κ2) is 7.47. The highest BCUT2D eigenvalue weighted by molar-refractivity contribution is 6.02. The summed E-state index contributed by atoms with van der Waals surface area (Å²) in [6.45, 7) is 0.198. The summed E-state index contributed by atoms with van der Waals surface area (Å²) in [5.41, 5.74) is -1.93. The lowest BCUT2D eigenvalue weighted by Crippen LogP contribution is -2.58. The van der Waals surface area contributed by atoms with E-state index >= 15 is 4.39 Å². The van der Waals surface area contributed by atoms with Gasteiger partial charge in [-0.2, -0.15) is 0 Å². The fraction of sp³-hybridized carbons (Fsp3) is 0.400. The Balaban J connectivity index is 1.69. The standard InChI is InChI=1S/C20H18F5N5O2/c1-18(24)7-19(25)8-32-9-20(19,30-17(18)26)11-4-10(2-3-12(11)21)29-16(31)14-6-27-13(5-28-14)15(22)23/h2-6,15H,7-9H2,1H3,(H2,26,30)(H,29,31)/t18-,19+,20-/m1/s1. The van der Waals surface area contributed by atoms with E-state index in [1.54, 1.807) is 0 Å². The molecule has 0 spiro atoms. The summed E-state index contributed by atoms with van der Waals surface area (Å²) in [5.74, 6) is -2.15. The summed E-state index contributed by atoms with van der Waals surface area (Å²) in [6, 6.07) is 3.34. The van der Waals surface area contributed by atoms with E-state index < -0.39 is 59.6 Å². The predicted octanol–water partition coefficient (Wildman–Crippen LogP) is 3.23. The van der Waals surface area contributed by atoms with Crippen molar-refractivity contribution in [1.82, 2.24) is 9.97 Å². The Bertz CT molecular complexity index is 1090. The number of nitrogens with two attached hydrogens (primary N) is 1. The number of hydrogen-bond acceptors (Lipinski definition) is 6. The van der Waals surface area contributed by atoms with Gasteiger partial charge in [0.15, 0.2) is 16.9 Å². The number of alkyl halides is 4. The zero-order valence-corrected chi connectivity index (χ0v) is 16.7. The number of fused-ring (bicyclic) bond motifs is 1. The first-order valence-corrected chi connectivity index (χ1v) is 9.50. The Labute approximate surface area is 178 Å². The van der Waals surface area contributed by atoms with Gasteiger partial charge in [-0.15, -0.1) is 0 Å². The molecule has 2 aliphatic heterocycles. The number of carbonyl (C=O) groups is 1. The lowest BCUT2D eigenvalue weighted by atomic mass is 9.70. The molecule has 0 radical (unpaired) electrons. The molecule has 1 fully saturated rings. The molecule has 0 saturated carbocycles. The Morgan fingerprint density at radius 1 is 1.22 bits per heavy atom. The number of rotatable bonds is 4. The van der Waals surface area contributed by atoms with Gasteiger partial charge in [-0.1, -0.05) is 0 Å². The smallest absolute Gasteiger partial charge is 0.281 e. The number of amides is 1. The molecule has 3 N–H and O–H groups in total. The van der Waals surface area contributed by atoms with E-state index in [-0.39, 0.29) is 23.6 Å². The van der Waals surface area contributed by atoms with Gasteiger partial charge in [0.25, 0.3) is 12.3 Å². The quantitative estimate of drug-likeness (QED) is 0.690. The monoisotopic (exact) mass is 455 g/mol. The van der Waals surface area contributed by atoms with E-state index in [2.05, 4.69) is 20.3 Å². The molecular weight excluding hydrogens is 437 g/mol. The average Bonchev–Trinajstić information content (AvgIpc) is 3.05. The molecule has 3 heterocycles. The summed E-state index contributed by atoms with van der Waals surface area (Å²) in [6.07, 6.45) is -1.90. The SMILES string of the molecule is C[C@@]1(F)C[C@]2(F)COC[C@]2(c2cc(NC(=O)c3cnc(C(F)F)cn3)ccc2F)N=C1N. The summed E-state index contributed by atoms with van der Waals surface area (Å²) >= 11 is 0. The van der Waals surface area contributed by atoms with Crippen molar-refractivity contribution >= 4 is 17.4 Å². The van der Waals surface area contributed by atoms with Crippen molar-refractivity contribution in [2.45, 2.75) is 36.6 Å². The van der Waals surface area contributed by atoms with Crippen LogP contribution in [0.15, 0.2) is 35.6 Å². The molecule has 2 aromatic rings. The molecule has 7 nitrogen and oxygen atoms in total. The van der Waals surface area contributed by atoms with Crippen LogP contribution in [0.5, 0.6) is 0 Å². The molecule has 4 rings (SSSR count).